The Bertz CT molecular complexity index is 1090. The van der Waals surface area contributed by atoms with Gasteiger partial charge in [-0.15, -0.1) is 0 Å². The van der Waals surface area contributed by atoms with Gasteiger partial charge < -0.3 is 20.3 Å². The highest BCUT2D eigenvalue weighted by molar-refractivity contribution is 5.95. The molecule has 0 spiro atoms. The number of hydrogen-bond donors (Lipinski definition) is 2. The maximum absolute atomic E-state index is 13.5. The molecule has 2 heterocycles. The third-order valence-electron chi connectivity index (χ3n) is 6.52. The van der Waals surface area contributed by atoms with Crippen LogP contribution in [-0.4, -0.2) is 56.2 Å². The van der Waals surface area contributed by atoms with Crippen LogP contribution < -0.4 is 15.5 Å². The number of rotatable bonds is 6. The van der Waals surface area contributed by atoms with Gasteiger partial charge in [-0.05, 0) is 55.7 Å². The molecule has 7 nitrogen and oxygen atoms in total. The minimum Gasteiger partial charge on any atom is -0.463 e. The maximum Gasteiger partial charge on any atom is 0.338 e. The van der Waals surface area contributed by atoms with Gasteiger partial charge >= 0.3 is 12.0 Å². The normalized spacial score (nSPS) is 19.0. The van der Waals surface area contributed by atoms with E-state index < -0.39 is 18.0 Å². The van der Waals surface area contributed by atoms with Crippen molar-refractivity contribution in [3.63, 3.8) is 0 Å². The first kappa shape index (κ1) is 23.8. The number of amides is 2. The molecule has 1 fully saturated rings. The number of hydrogen-bond acceptors (Lipinski definition) is 5. The molecule has 180 valence electrons. The zero-order chi connectivity index (χ0) is 24.2. The van der Waals surface area contributed by atoms with E-state index in [0.29, 0.717) is 23.4 Å². The van der Waals surface area contributed by atoms with E-state index in [2.05, 4.69) is 52.5 Å². The number of nitrogens with one attached hydrogen (secondary N) is 2. The van der Waals surface area contributed by atoms with Gasteiger partial charge in [0.2, 0.25) is 0 Å². The number of carbonyl (C=O) groups excluding carboxylic acids is 2. The van der Waals surface area contributed by atoms with Gasteiger partial charge in [-0.1, -0.05) is 24.3 Å². The third kappa shape index (κ3) is 5.07. The highest BCUT2D eigenvalue weighted by Gasteiger charge is 2.34. The first-order chi connectivity index (χ1) is 16.4. The minimum absolute atomic E-state index is 0.216. The van der Waals surface area contributed by atoms with E-state index in [1.165, 1.54) is 28.9 Å². The summed E-state index contributed by atoms with van der Waals surface area (Å²) in [5.74, 6) is -0.874. The molecular formula is C26H31FN4O3. The Balaban J connectivity index is 1.56. The van der Waals surface area contributed by atoms with Crippen molar-refractivity contribution in [2.45, 2.75) is 26.8 Å². The number of halogens is 1. The molecule has 0 aliphatic carbocycles. The van der Waals surface area contributed by atoms with Crippen LogP contribution >= 0.6 is 0 Å². The molecule has 0 bridgehead atoms. The number of anilines is 1. The summed E-state index contributed by atoms with van der Waals surface area (Å²) in [5, 5.41) is 5.61. The van der Waals surface area contributed by atoms with Crippen LogP contribution in [-0.2, 0) is 9.53 Å². The summed E-state index contributed by atoms with van der Waals surface area (Å²) in [6.07, 6.45) is 0. The Morgan fingerprint density at radius 2 is 1.79 bits per heavy atom. The smallest absolute Gasteiger partial charge is 0.338 e. The standard InChI is InChI=1S/C26H31FN4O3/c1-4-34-25(32)23-21(28-26(33)29-24(23)19-8-10-20(27)11-9-19)16-30-12-14-31(15-13-30)22-7-5-6-17(2)18(22)3/h5-11,24H,4,12-16H2,1-3H3,(H2,28,29,33)/t24-/m0/s1. The largest absolute Gasteiger partial charge is 0.463 e. The number of nitrogens with zero attached hydrogens (tertiary/aromatic N) is 2. The number of ether oxygens (including phenoxy) is 1. The van der Waals surface area contributed by atoms with E-state index >= 15 is 0 Å². The molecule has 2 N–H and O–H groups in total. The lowest BCUT2D eigenvalue weighted by Crippen LogP contribution is -2.52. The second-order valence-electron chi connectivity index (χ2n) is 8.68. The molecule has 2 aromatic carbocycles. The Hall–Kier alpha value is -3.39. The van der Waals surface area contributed by atoms with Gasteiger partial charge in [0.15, 0.2) is 0 Å². The summed E-state index contributed by atoms with van der Waals surface area (Å²) in [5.41, 5.74) is 5.31. The van der Waals surface area contributed by atoms with E-state index in [9.17, 15) is 14.0 Å². The van der Waals surface area contributed by atoms with Crippen LogP contribution in [0.3, 0.4) is 0 Å². The van der Waals surface area contributed by atoms with Crippen molar-refractivity contribution < 1.29 is 18.7 Å². The Morgan fingerprint density at radius 3 is 2.47 bits per heavy atom. The fourth-order valence-corrected chi connectivity index (χ4v) is 4.55. The van der Waals surface area contributed by atoms with E-state index in [0.717, 1.165) is 26.2 Å². The highest BCUT2D eigenvalue weighted by atomic mass is 19.1. The van der Waals surface area contributed by atoms with Gasteiger partial charge in [0, 0.05) is 44.1 Å². The van der Waals surface area contributed by atoms with Crippen molar-refractivity contribution in [2.24, 2.45) is 0 Å². The Kier molecular flexibility index (Phi) is 7.17. The average Bonchev–Trinajstić information content (AvgIpc) is 2.82. The molecule has 1 saturated heterocycles. The lowest BCUT2D eigenvalue weighted by molar-refractivity contribution is -0.139. The van der Waals surface area contributed by atoms with Crippen LogP contribution in [0.4, 0.5) is 14.9 Å². The lowest BCUT2D eigenvalue weighted by atomic mass is 9.95. The van der Waals surface area contributed by atoms with E-state index in [1.807, 2.05) is 0 Å². The lowest BCUT2D eigenvalue weighted by Gasteiger charge is -2.38. The van der Waals surface area contributed by atoms with E-state index in [4.69, 9.17) is 4.74 Å². The predicted molar refractivity (Wildman–Crippen MR) is 129 cm³/mol. The Labute approximate surface area is 199 Å². The molecule has 0 unspecified atom stereocenters. The minimum atomic E-state index is -0.709. The highest BCUT2D eigenvalue weighted by Crippen LogP contribution is 2.29. The van der Waals surface area contributed by atoms with Gasteiger partial charge in [0.1, 0.15) is 5.82 Å². The number of benzene rings is 2. The molecule has 1 atom stereocenters. The van der Waals surface area contributed by atoms with Gasteiger partial charge in [0.05, 0.1) is 18.2 Å². The van der Waals surface area contributed by atoms with Crippen molar-refractivity contribution in [3.05, 3.63) is 76.2 Å². The molecule has 0 radical (unpaired) electrons. The number of aryl methyl sites for hydroxylation is 1. The van der Waals surface area contributed by atoms with Gasteiger partial charge in [0.25, 0.3) is 0 Å². The van der Waals surface area contributed by atoms with Crippen molar-refractivity contribution >= 4 is 17.7 Å². The Morgan fingerprint density at radius 1 is 1.09 bits per heavy atom. The molecule has 2 aliphatic rings. The molecule has 2 aliphatic heterocycles. The van der Waals surface area contributed by atoms with Crippen LogP contribution in [0.5, 0.6) is 0 Å². The summed E-state index contributed by atoms with van der Waals surface area (Å²) in [6, 6.07) is 11.0. The first-order valence-electron chi connectivity index (χ1n) is 11.6. The number of piperazine rings is 1. The summed E-state index contributed by atoms with van der Waals surface area (Å²) >= 11 is 0. The van der Waals surface area contributed by atoms with Crippen molar-refractivity contribution in [3.8, 4) is 0 Å². The second-order valence-corrected chi connectivity index (χ2v) is 8.68. The summed E-state index contributed by atoms with van der Waals surface area (Å²) < 4.78 is 18.8. The quantitative estimate of drug-likeness (QED) is 0.638. The van der Waals surface area contributed by atoms with Crippen LogP contribution in [0.2, 0.25) is 0 Å². The van der Waals surface area contributed by atoms with Crippen molar-refractivity contribution in [1.29, 1.82) is 0 Å². The SMILES string of the molecule is CCOC(=O)C1=C(CN2CCN(c3cccc(C)c3C)CC2)NC(=O)N[C@H]1c1ccc(F)cc1. The fraction of sp³-hybridized carbons (Fsp3) is 0.385. The first-order valence-corrected chi connectivity index (χ1v) is 11.6. The molecule has 0 saturated carbocycles. The monoisotopic (exact) mass is 466 g/mol. The molecule has 34 heavy (non-hydrogen) atoms. The van der Waals surface area contributed by atoms with Crippen LogP contribution in [0, 0.1) is 19.7 Å². The molecular weight excluding hydrogens is 435 g/mol. The van der Waals surface area contributed by atoms with Crippen LogP contribution in [0.25, 0.3) is 0 Å². The number of carbonyl (C=O) groups is 2. The molecule has 2 amide bonds. The number of urea groups is 1. The zero-order valence-corrected chi connectivity index (χ0v) is 19.9. The van der Waals surface area contributed by atoms with E-state index in [-0.39, 0.29) is 12.4 Å². The summed E-state index contributed by atoms with van der Waals surface area (Å²) in [6.45, 7) is 9.92. The van der Waals surface area contributed by atoms with Crippen molar-refractivity contribution in [2.75, 3.05) is 44.2 Å². The maximum atomic E-state index is 13.5. The average molecular weight is 467 g/mol. The van der Waals surface area contributed by atoms with Gasteiger partial charge in [-0.2, -0.15) is 0 Å². The molecule has 4 rings (SSSR count). The number of esters is 1. The molecule has 8 heteroatoms. The van der Waals surface area contributed by atoms with Crippen LogP contribution in [0.15, 0.2) is 53.7 Å². The van der Waals surface area contributed by atoms with Gasteiger partial charge in [-0.25, -0.2) is 14.0 Å². The van der Waals surface area contributed by atoms with E-state index in [1.54, 1.807) is 19.1 Å². The molecule has 0 aromatic heterocycles. The predicted octanol–water partition coefficient (Wildman–Crippen LogP) is 3.44. The zero-order valence-electron chi connectivity index (χ0n) is 19.9. The second kappa shape index (κ2) is 10.3. The third-order valence-corrected chi connectivity index (χ3v) is 6.52. The summed E-state index contributed by atoms with van der Waals surface area (Å²) in [7, 11) is 0. The fourth-order valence-electron chi connectivity index (χ4n) is 4.55. The van der Waals surface area contributed by atoms with Crippen molar-refractivity contribution in [1.82, 2.24) is 15.5 Å². The van der Waals surface area contributed by atoms with Crippen LogP contribution in [0.1, 0.15) is 29.7 Å². The summed E-state index contributed by atoms with van der Waals surface area (Å²) in [4.78, 5) is 30.0. The molecule has 2 aromatic rings. The van der Waals surface area contributed by atoms with Gasteiger partial charge in [-0.3, -0.25) is 4.90 Å². The topological polar surface area (TPSA) is 73.9 Å².